The van der Waals surface area contributed by atoms with Crippen molar-refractivity contribution in [2.45, 2.75) is 37.9 Å². The number of hydrogen-bond donors (Lipinski definition) is 4. The van der Waals surface area contributed by atoms with Crippen molar-refractivity contribution in [1.29, 1.82) is 0 Å². The lowest BCUT2D eigenvalue weighted by Crippen LogP contribution is -2.46. The van der Waals surface area contributed by atoms with E-state index in [0.29, 0.717) is 0 Å². The Balaban J connectivity index is 2.42. The fourth-order valence-corrected chi connectivity index (χ4v) is 3.54. The van der Waals surface area contributed by atoms with Gasteiger partial charge in [0.05, 0.1) is 25.2 Å². The molecule has 0 bridgehead atoms. The zero-order chi connectivity index (χ0) is 18.8. The highest BCUT2D eigenvalue weighted by molar-refractivity contribution is 5.85. The van der Waals surface area contributed by atoms with Crippen LogP contribution in [0.1, 0.15) is 30.5 Å². The molecule has 2 rings (SSSR count). The van der Waals surface area contributed by atoms with Gasteiger partial charge in [-0.05, 0) is 38.4 Å². The van der Waals surface area contributed by atoms with Crippen molar-refractivity contribution in [3.8, 4) is 0 Å². The summed E-state index contributed by atoms with van der Waals surface area (Å²) >= 11 is 0. The monoisotopic (exact) mass is 350 g/mol. The Morgan fingerprint density at radius 1 is 1.32 bits per heavy atom. The van der Waals surface area contributed by atoms with Gasteiger partial charge in [-0.2, -0.15) is 0 Å². The number of rotatable bonds is 6. The predicted molar refractivity (Wildman–Crippen MR) is 91.9 cm³/mol. The van der Waals surface area contributed by atoms with E-state index in [4.69, 9.17) is 0 Å². The maximum atomic E-state index is 12.8. The van der Waals surface area contributed by atoms with Gasteiger partial charge in [0.2, 0.25) is 5.91 Å². The average molecular weight is 350 g/mol. The van der Waals surface area contributed by atoms with E-state index < -0.39 is 29.5 Å². The first-order valence-corrected chi connectivity index (χ1v) is 8.30. The highest BCUT2D eigenvalue weighted by Gasteiger charge is 2.54. The number of nitrogens with one attached hydrogen (secondary N) is 1. The van der Waals surface area contributed by atoms with Gasteiger partial charge in [-0.15, -0.1) is 0 Å². The number of carboxylic acid groups (broad SMARTS) is 1. The summed E-state index contributed by atoms with van der Waals surface area (Å²) < 4.78 is 0. The van der Waals surface area contributed by atoms with Crippen molar-refractivity contribution in [1.82, 2.24) is 10.2 Å². The van der Waals surface area contributed by atoms with Crippen LogP contribution in [-0.2, 0) is 9.59 Å². The number of carbonyl (C=O) groups is 2. The Kier molecular flexibility index (Phi) is 5.82. The largest absolute Gasteiger partial charge is 0.480 e. The van der Waals surface area contributed by atoms with Gasteiger partial charge in [0.15, 0.2) is 0 Å². The molecule has 1 aromatic carbocycles. The second-order valence-corrected chi connectivity index (χ2v) is 6.87. The van der Waals surface area contributed by atoms with E-state index in [-0.39, 0.29) is 25.5 Å². The first kappa shape index (κ1) is 19.4. The van der Waals surface area contributed by atoms with Crippen molar-refractivity contribution in [3.05, 3.63) is 35.4 Å². The molecule has 0 saturated carbocycles. The first-order valence-electron chi connectivity index (χ1n) is 8.30. The summed E-state index contributed by atoms with van der Waals surface area (Å²) in [5.41, 5.74) is 0.704. The second-order valence-electron chi connectivity index (χ2n) is 6.87. The molecule has 0 spiro atoms. The third kappa shape index (κ3) is 3.53. The minimum absolute atomic E-state index is 0.146. The number of aliphatic carboxylic acids is 1. The van der Waals surface area contributed by atoms with Gasteiger partial charge in [0, 0.05) is 6.04 Å². The van der Waals surface area contributed by atoms with Crippen molar-refractivity contribution in [3.63, 3.8) is 0 Å². The van der Waals surface area contributed by atoms with Gasteiger partial charge < -0.3 is 20.6 Å². The Morgan fingerprint density at radius 2 is 1.92 bits per heavy atom. The summed E-state index contributed by atoms with van der Waals surface area (Å²) in [5.74, 6) is -1.95. The molecule has 1 aromatic rings. The van der Waals surface area contributed by atoms with Crippen molar-refractivity contribution in [2.75, 3.05) is 20.3 Å². The minimum atomic E-state index is -1.18. The van der Waals surface area contributed by atoms with Crippen LogP contribution in [0.15, 0.2) is 24.3 Å². The van der Waals surface area contributed by atoms with Crippen LogP contribution in [0.4, 0.5) is 0 Å². The van der Waals surface area contributed by atoms with Crippen LogP contribution < -0.4 is 5.32 Å². The third-order valence-electron chi connectivity index (χ3n) is 5.29. The molecule has 0 aromatic heterocycles. The Labute approximate surface area is 147 Å². The Hall–Kier alpha value is -1.96. The summed E-state index contributed by atoms with van der Waals surface area (Å²) in [5, 5.41) is 30.7. The predicted octanol–water partition coefficient (Wildman–Crippen LogP) is 0.301. The van der Waals surface area contributed by atoms with E-state index in [1.807, 2.05) is 31.2 Å². The zero-order valence-electron chi connectivity index (χ0n) is 14.8. The summed E-state index contributed by atoms with van der Waals surface area (Å²) in [6.07, 6.45) is 0.146. The SMILES string of the molecule is Cc1ccccc1[C@@H]1[C@H](C(=O)NC(CO)CO)C[C@](C)(C(=O)O)N1C. The van der Waals surface area contributed by atoms with Gasteiger partial charge >= 0.3 is 5.97 Å². The summed E-state index contributed by atoms with van der Waals surface area (Å²) in [6.45, 7) is 2.79. The molecule has 3 atom stereocenters. The number of hydrogen-bond acceptors (Lipinski definition) is 5. The number of likely N-dealkylation sites (N-methyl/N-ethyl adjacent to an activating group) is 1. The quantitative estimate of drug-likeness (QED) is 0.587. The average Bonchev–Trinajstić information content (AvgIpc) is 2.86. The van der Waals surface area contributed by atoms with Gasteiger partial charge in [-0.25, -0.2) is 0 Å². The maximum Gasteiger partial charge on any atom is 0.323 e. The highest BCUT2D eigenvalue weighted by atomic mass is 16.4. The summed E-state index contributed by atoms with van der Waals surface area (Å²) in [6, 6.07) is 6.43. The van der Waals surface area contributed by atoms with E-state index in [0.717, 1.165) is 11.1 Å². The van der Waals surface area contributed by atoms with Crippen molar-refractivity contribution >= 4 is 11.9 Å². The summed E-state index contributed by atoms with van der Waals surface area (Å²) in [4.78, 5) is 26.3. The van der Waals surface area contributed by atoms with Crippen LogP contribution >= 0.6 is 0 Å². The standard InChI is InChI=1S/C18H26N2O5/c1-11-6-4-5-7-13(11)15-14(16(23)19-12(9-21)10-22)8-18(2,17(24)25)20(15)3/h4-7,12,14-15,21-22H,8-10H2,1-3H3,(H,19,23)(H,24,25)/t14-,15-,18-/m1/s1. The number of nitrogens with zero attached hydrogens (tertiary/aromatic N) is 1. The highest BCUT2D eigenvalue weighted by Crippen LogP contribution is 2.46. The molecule has 0 radical (unpaired) electrons. The van der Waals surface area contributed by atoms with Gasteiger partial charge in [-0.1, -0.05) is 24.3 Å². The van der Waals surface area contributed by atoms with Crippen molar-refractivity contribution in [2.24, 2.45) is 5.92 Å². The van der Waals surface area contributed by atoms with Gasteiger partial charge in [-0.3, -0.25) is 14.5 Å². The molecular weight excluding hydrogens is 324 g/mol. The van der Waals surface area contributed by atoms with Gasteiger partial charge in [0.1, 0.15) is 5.54 Å². The van der Waals surface area contributed by atoms with E-state index in [2.05, 4.69) is 5.32 Å². The third-order valence-corrected chi connectivity index (χ3v) is 5.29. The lowest BCUT2D eigenvalue weighted by atomic mass is 9.88. The topological polar surface area (TPSA) is 110 Å². The molecule has 1 heterocycles. The lowest BCUT2D eigenvalue weighted by Gasteiger charge is -2.32. The number of likely N-dealkylation sites (tertiary alicyclic amines) is 1. The number of carboxylic acids is 1. The minimum Gasteiger partial charge on any atom is -0.480 e. The number of aliphatic hydroxyl groups excluding tert-OH is 2. The van der Waals surface area contributed by atoms with E-state index >= 15 is 0 Å². The number of amides is 1. The molecule has 0 aliphatic carbocycles. The van der Waals surface area contributed by atoms with Gasteiger partial charge in [0.25, 0.3) is 0 Å². The molecule has 138 valence electrons. The smallest absolute Gasteiger partial charge is 0.323 e. The summed E-state index contributed by atoms with van der Waals surface area (Å²) in [7, 11) is 1.72. The number of benzene rings is 1. The normalized spacial score (nSPS) is 26.8. The molecule has 7 heteroatoms. The van der Waals surface area contributed by atoms with E-state index in [1.165, 1.54) is 0 Å². The molecule has 0 unspecified atom stereocenters. The van der Waals surface area contributed by atoms with Crippen LogP contribution in [0, 0.1) is 12.8 Å². The second kappa shape index (κ2) is 7.51. The number of aryl methyl sites for hydroxylation is 1. The van der Waals surface area contributed by atoms with Crippen molar-refractivity contribution < 1.29 is 24.9 Å². The van der Waals surface area contributed by atoms with Crippen LogP contribution in [0.5, 0.6) is 0 Å². The fourth-order valence-electron chi connectivity index (χ4n) is 3.54. The molecule has 1 aliphatic heterocycles. The molecule has 4 N–H and O–H groups in total. The fraction of sp³-hybridized carbons (Fsp3) is 0.556. The first-order chi connectivity index (χ1) is 11.8. The molecule has 1 fully saturated rings. The Morgan fingerprint density at radius 3 is 2.44 bits per heavy atom. The number of aliphatic hydroxyl groups is 2. The number of carbonyl (C=O) groups excluding carboxylic acids is 1. The van der Waals surface area contributed by atoms with E-state index in [1.54, 1.807) is 18.9 Å². The van der Waals surface area contributed by atoms with Crippen LogP contribution in [0.25, 0.3) is 0 Å². The Bertz CT molecular complexity index is 646. The molecule has 1 aliphatic rings. The zero-order valence-corrected chi connectivity index (χ0v) is 14.8. The molecule has 1 saturated heterocycles. The molecule has 1 amide bonds. The van der Waals surface area contributed by atoms with Crippen LogP contribution in [0.3, 0.4) is 0 Å². The maximum absolute atomic E-state index is 12.8. The van der Waals surface area contributed by atoms with Crippen LogP contribution in [0.2, 0.25) is 0 Å². The lowest BCUT2D eigenvalue weighted by molar-refractivity contribution is -0.148. The molecular formula is C18H26N2O5. The molecule has 25 heavy (non-hydrogen) atoms. The van der Waals surface area contributed by atoms with Crippen LogP contribution in [-0.4, -0.2) is 63.9 Å². The van der Waals surface area contributed by atoms with E-state index in [9.17, 15) is 24.9 Å². The molecule has 7 nitrogen and oxygen atoms in total.